The van der Waals surface area contributed by atoms with E-state index < -0.39 is 6.03 Å². The van der Waals surface area contributed by atoms with Crippen molar-refractivity contribution >= 4 is 23.3 Å². The number of anilines is 2. The Bertz CT molecular complexity index is 1010. The first-order chi connectivity index (χ1) is 16.7. The minimum atomic E-state index is -0.403. The number of ether oxygens (including phenoxy) is 2. The third kappa shape index (κ3) is 7.10. The van der Waals surface area contributed by atoms with Gasteiger partial charge in [0.05, 0.1) is 26.2 Å². The Kier molecular flexibility index (Phi) is 8.95. The quantitative estimate of drug-likeness (QED) is 0.558. The summed E-state index contributed by atoms with van der Waals surface area (Å²) in [6.07, 6.45) is -0.0447. The van der Waals surface area contributed by atoms with Crippen LogP contribution in [-0.2, 0) is 11.2 Å². The van der Waals surface area contributed by atoms with Gasteiger partial charge in [-0.05, 0) is 63.5 Å². The van der Waals surface area contributed by atoms with E-state index in [9.17, 15) is 14.7 Å². The van der Waals surface area contributed by atoms with Gasteiger partial charge in [-0.15, -0.1) is 0 Å². The zero-order valence-electron chi connectivity index (χ0n) is 21.1. The van der Waals surface area contributed by atoms with Crippen molar-refractivity contribution in [3.05, 3.63) is 48.0 Å². The van der Waals surface area contributed by atoms with Crippen LogP contribution in [0.2, 0.25) is 0 Å². The highest BCUT2D eigenvalue weighted by atomic mass is 16.5. The summed E-state index contributed by atoms with van der Waals surface area (Å²) in [5.74, 6) is 1.28. The topological polar surface area (TPSA) is 103 Å². The second kappa shape index (κ2) is 11.9. The highest BCUT2D eigenvalue weighted by Crippen LogP contribution is 2.29. The van der Waals surface area contributed by atoms with E-state index in [-0.39, 0.29) is 37.0 Å². The second-order valence-corrected chi connectivity index (χ2v) is 9.28. The molecule has 3 N–H and O–H groups in total. The third-order valence-corrected chi connectivity index (χ3v) is 6.07. The molecule has 0 radical (unpaired) electrons. The number of hydrogen-bond donors (Lipinski definition) is 3. The van der Waals surface area contributed by atoms with Crippen LogP contribution in [0.5, 0.6) is 11.5 Å². The molecule has 0 saturated carbocycles. The number of rotatable bonds is 7. The van der Waals surface area contributed by atoms with Crippen LogP contribution >= 0.6 is 0 Å². The fraction of sp³-hybridized carbons (Fsp3) is 0.462. The molecule has 9 nitrogen and oxygen atoms in total. The number of nitrogens with one attached hydrogen (secondary N) is 2. The standard InChI is InChI=1S/C26H36N4O5/c1-17-14-30(18(2)16-31)25(32)13-19-12-21(8-11-23(19)35-24(17)15-29(3)4)28-26(33)27-20-6-9-22(34-5)10-7-20/h6-12,17-18,24,31H,13-16H2,1-5H3,(H2,27,28,33)/t17-,18+,24-/m1/s1. The van der Waals surface area contributed by atoms with Crippen molar-refractivity contribution in [1.82, 2.24) is 9.80 Å². The SMILES string of the molecule is COc1ccc(NC(=O)Nc2ccc3c(c2)CC(=O)N([C@@H](C)CO)C[C@@H](C)[C@@H](CN(C)C)O3)cc1. The van der Waals surface area contributed by atoms with Gasteiger partial charge in [0.25, 0.3) is 0 Å². The highest BCUT2D eigenvalue weighted by Gasteiger charge is 2.30. The number of carbonyl (C=O) groups is 2. The molecule has 0 aromatic heterocycles. The van der Waals surface area contributed by atoms with Gasteiger partial charge in [-0.25, -0.2) is 4.79 Å². The summed E-state index contributed by atoms with van der Waals surface area (Å²) in [6, 6.07) is 11.6. The number of hydrogen-bond acceptors (Lipinski definition) is 6. The smallest absolute Gasteiger partial charge is 0.323 e. The van der Waals surface area contributed by atoms with Crippen molar-refractivity contribution in [1.29, 1.82) is 0 Å². The summed E-state index contributed by atoms with van der Waals surface area (Å²) in [6.45, 7) is 4.95. The summed E-state index contributed by atoms with van der Waals surface area (Å²) in [4.78, 5) is 29.6. The zero-order valence-corrected chi connectivity index (χ0v) is 21.1. The Balaban J connectivity index is 1.83. The van der Waals surface area contributed by atoms with Crippen LogP contribution in [0.15, 0.2) is 42.5 Å². The number of fused-ring (bicyclic) bond motifs is 1. The first kappa shape index (κ1) is 26.3. The number of aliphatic hydroxyl groups is 1. The maximum Gasteiger partial charge on any atom is 0.323 e. The predicted octanol–water partition coefficient (Wildman–Crippen LogP) is 3.05. The van der Waals surface area contributed by atoms with Crippen LogP contribution in [0.3, 0.4) is 0 Å². The predicted molar refractivity (Wildman–Crippen MR) is 136 cm³/mol. The molecular formula is C26H36N4O5. The van der Waals surface area contributed by atoms with Crippen molar-refractivity contribution in [3.8, 4) is 11.5 Å². The first-order valence-corrected chi connectivity index (χ1v) is 11.8. The van der Waals surface area contributed by atoms with E-state index in [4.69, 9.17) is 9.47 Å². The molecule has 0 unspecified atom stereocenters. The number of amides is 3. The number of aliphatic hydroxyl groups excluding tert-OH is 1. The highest BCUT2D eigenvalue weighted by molar-refractivity contribution is 6.00. The Morgan fingerprint density at radius 2 is 1.86 bits per heavy atom. The molecule has 190 valence electrons. The van der Waals surface area contributed by atoms with Crippen LogP contribution in [0.1, 0.15) is 19.4 Å². The van der Waals surface area contributed by atoms with Gasteiger partial charge in [-0.2, -0.15) is 0 Å². The van der Waals surface area contributed by atoms with E-state index in [0.29, 0.717) is 41.5 Å². The van der Waals surface area contributed by atoms with Crippen LogP contribution in [0.4, 0.5) is 16.2 Å². The van der Waals surface area contributed by atoms with Crippen LogP contribution < -0.4 is 20.1 Å². The second-order valence-electron chi connectivity index (χ2n) is 9.28. The Labute approximate surface area is 207 Å². The van der Waals surface area contributed by atoms with E-state index >= 15 is 0 Å². The van der Waals surface area contributed by atoms with Crippen molar-refractivity contribution in [2.75, 3.05) is 51.5 Å². The summed E-state index contributed by atoms with van der Waals surface area (Å²) >= 11 is 0. The molecule has 9 heteroatoms. The van der Waals surface area contributed by atoms with E-state index in [2.05, 4.69) is 22.5 Å². The molecule has 0 bridgehead atoms. The van der Waals surface area contributed by atoms with Gasteiger partial charge in [-0.1, -0.05) is 6.92 Å². The van der Waals surface area contributed by atoms with E-state index in [1.165, 1.54) is 0 Å². The molecular weight excluding hydrogens is 448 g/mol. The number of carbonyl (C=O) groups excluding carboxylic acids is 2. The molecule has 3 rings (SSSR count). The molecule has 3 amide bonds. The summed E-state index contributed by atoms with van der Waals surface area (Å²) in [5.41, 5.74) is 1.85. The molecule has 35 heavy (non-hydrogen) atoms. The van der Waals surface area contributed by atoms with Crippen LogP contribution in [0.25, 0.3) is 0 Å². The van der Waals surface area contributed by atoms with Crippen molar-refractivity contribution in [3.63, 3.8) is 0 Å². The van der Waals surface area contributed by atoms with Gasteiger partial charge in [0.1, 0.15) is 17.6 Å². The van der Waals surface area contributed by atoms with Crippen molar-refractivity contribution in [2.45, 2.75) is 32.4 Å². The van der Waals surface area contributed by atoms with Gasteiger partial charge < -0.3 is 35.0 Å². The van der Waals surface area contributed by atoms with Crippen molar-refractivity contribution < 1.29 is 24.2 Å². The summed E-state index contributed by atoms with van der Waals surface area (Å²) < 4.78 is 11.5. The number of benzene rings is 2. The van der Waals surface area contributed by atoms with E-state index in [0.717, 1.165) is 0 Å². The lowest BCUT2D eigenvalue weighted by molar-refractivity contribution is -0.134. The minimum absolute atomic E-state index is 0.0503. The van der Waals surface area contributed by atoms with E-state index in [1.54, 1.807) is 54.5 Å². The fourth-order valence-electron chi connectivity index (χ4n) is 4.05. The van der Waals surface area contributed by atoms with Gasteiger partial charge >= 0.3 is 6.03 Å². The molecule has 1 aliphatic rings. The average molecular weight is 485 g/mol. The normalized spacial score (nSPS) is 19.1. The maximum atomic E-state index is 13.2. The third-order valence-electron chi connectivity index (χ3n) is 6.07. The van der Waals surface area contributed by atoms with Crippen LogP contribution in [-0.4, -0.2) is 79.9 Å². The first-order valence-electron chi connectivity index (χ1n) is 11.8. The Morgan fingerprint density at radius 3 is 2.49 bits per heavy atom. The summed E-state index contributed by atoms with van der Waals surface area (Å²) in [7, 11) is 5.55. The van der Waals surface area contributed by atoms with Gasteiger partial charge in [0.2, 0.25) is 5.91 Å². The number of methoxy groups -OCH3 is 1. The fourth-order valence-corrected chi connectivity index (χ4v) is 4.05. The molecule has 1 aliphatic heterocycles. The van der Waals surface area contributed by atoms with Gasteiger partial charge in [0, 0.05) is 35.9 Å². The monoisotopic (exact) mass is 484 g/mol. The minimum Gasteiger partial charge on any atom is -0.497 e. The Morgan fingerprint density at radius 1 is 1.20 bits per heavy atom. The molecule has 2 aromatic rings. The molecule has 0 fully saturated rings. The lowest BCUT2D eigenvalue weighted by Crippen LogP contribution is -2.47. The molecule has 3 atom stereocenters. The largest absolute Gasteiger partial charge is 0.497 e. The molecule has 0 aliphatic carbocycles. The molecule has 0 spiro atoms. The van der Waals surface area contributed by atoms with Crippen LogP contribution in [0, 0.1) is 5.92 Å². The average Bonchev–Trinajstić information content (AvgIpc) is 2.86. The van der Waals surface area contributed by atoms with Crippen molar-refractivity contribution in [2.24, 2.45) is 5.92 Å². The maximum absolute atomic E-state index is 13.2. The molecule has 0 saturated heterocycles. The Hall–Kier alpha value is -3.30. The number of urea groups is 1. The number of likely N-dealkylation sites (N-methyl/N-ethyl adjacent to an activating group) is 1. The zero-order chi connectivity index (χ0) is 25.5. The van der Waals surface area contributed by atoms with Gasteiger partial charge in [-0.3, -0.25) is 4.79 Å². The lowest BCUT2D eigenvalue weighted by Gasteiger charge is -2.33. The molecule has 2 aromatic carbocycles. The lowest BCUT2D eigenvalue weighted by atomic mass is 10.0. The number of nitrogens with zero attached hydrogens (tertiary/aromatic N) is 2. The summed E-state index contributed by atoms with van der Waals surface area (Å²) in [5, 5.41) is 15.3. The van der Waals surface area contributed by atoms with E-state index in [1.807, 2.05) is 21.0 Å². The molecule has 1 heterocycles. The van der Waals surface area contributed by atoms with Gasteiger partial charge in [0.15, 0.2) is 0 Å².